The van der Waals surface area contributed by atoms with E-state index in [1.54, 1.807) is 27.7 Å². The second-order valence-corrected chi connectivity index (χ2v) is 14.9. The molecule has 62 heavy (non-hydrogen) atoms. The molecule has 1 atom stereocenters. The number of unbranched alkanes of at least 4 members (excludes halogenated alkanes) is 9. The number of nitrogens with one attached hydrogen (secondary N) is 6. The van der Waals surface area contributed by atoms with Gasteiger partial charge in [-0.15, -0.1) is 0 Å². The Kier molecular flexibility index (Phi) is 34.2. The van der Waals surface area contributed by atoms with E-state index < -0.39 is 42.0 Å². The summed E-state index contributed by atoms with van der Waals surface area (Å²) in [6, 6.07) is 0. The molecule has 0 heterocycles. The quantitative estimate of drug-likeness (QED) is 0.0124. The van der Waals surface area contributed by atoms with Crippen LogP contribution in [0.1, 0.15) is 145 Å². The molecule has 0 aromatic carbocycles. The molecule has 6 N–H and O–H groups in total. The molecule has 6 amide bonds. The summed E-state index contributed by atoms with van der Waals surface area (Å²) in [5.41, 5.74) is 1.05. The van der Waals surface area contributed by atoms with Crippen molar-refractivity contribution in [2.45, 2.75) is 145 Å². The average molecular weight is 886 g/mol. The lowest BCUT2D eigenvalue weighted by molar-refractivity contribution is -0.0175. The molecule has 0 aromatic heterocycles. The summed E-state index contributed by atoms with van der Waals surface area (Å²) in [6.07, 6.45) is 7.08. The van der Waals surface area contributed by atoms with Gasteiger partial charge in [0.15, 0.2) is 0 Å². The summed E-state index contributed by atoms with van der Waals surface area (Å²) >= 11 is 0. The predicted molar refractivity (Wildman–Crippen MR) is 235 cm³/mol. The van der Waals surface area contributed by atoms with Gasteiger partial charge < -0.3 is 46.1 Å². The van der Waals surface area contributed by atoms with Crippen molar-refractivity contribution in [2.75, 3.05) is 59.1 Å². The van der Waals surface area contributed by atoms with Crippen LogP contribution < -0.4 is 31.9 Å². The van der Waals surface area contributed by atoms with Gasteiger partial charge in [0.05, 0.1) is 22.6 Å². The number of alkyl carbamates (subject to hydrolysis) is 3. The van der Waals surface area contributed by atoms with Gasteiger partial charge in [-0.2, -0.15) is 0 Å². The van der Waals surface area contributed by atoms with Crippen LogP contribution in [0, 0.1) is 5.41 Å². The fourth-order valence-electron chi connectivity index (χ4n) is 4.79. The van der Waals surface area contributed by atoms with Crippen molar-refractivity contribution in [1.29, 1.82) is 0 Å². The van der Waals surface area contributed by atoms with Crippen molar-refractivity contribution >= 4 is 53.7 Å². The van der Waals surface area contributed by atoms with Crippen molar-refractivity contribution in [3.05, 3.63) is 0 Å². The summed E-state index contributed by atoms with van der Waals surface area (Å²) in [5, 5.41) is 27.1. The topological polar surface area (TPSA) is 267 Å². The zero-order valence-electron chi connectivity index (χ0n) is 38.2. The first-order chi connectivity index (χ1) is 29.7. The highest BCUT2D eigenvalue weighted by Crippen LogP contribution is 2.24. The number of ether oxygens (including phenoxy) is 3. The number of carbonyl (C=O) groups is 6. The Bertz CT molecular complexity index is 1330. The molecular weight excluding hydrogens is 811 g/mol. The lowest BCUT2D eigenvalue weighted by atomic mass is 9.88. The Morgan fingerprint density at radius 1 is 0.387 bits per heavy atom. The summed E-state index contributed by atoms with van der Waals surface area (Å²) in [6.45, 7) is 14.5. The van der Waals surface area contributed by atoms with E-state index in [2.05, 4.69) is 52.2 Å². The summed E-state index contributed by atoms with van der Waals surface area (Å²) < 4.78 is 16.6. The maximum atomic E-state index is 12.6. The second-order valence-electron chi connectivity index (χ2n) is 14.9. The van der Waals surface area contributed by atoms with Gasteiger partial charge in [0, 0.05) is 39.3 Å². The van der Waals surface area contributed by atoms with Gasteiger partial charge in [-0.05, 0) is 85.5 Å². The largest absolute Gasteiger partial charge is 0.449 e. The first-order valence-electron chi connectivity index (χ1n) is 21.9. The Morgan fingerprint density at radius 2 is 0.645 bits per heavy atom. The van der Waals surface area contributed by atoms with E-state index >= 15 is 0 Å². The zero-order valence-corrected chi connectivity index (χ0v) is 38.2. The van der Waals surface area contributed by atoms with E-state index in [-0.39, 0.29) is 19.8 Å². The summed E-state index contributed by atoms with van der Waals surface area (Å²) in [4.78, 5) is 87.0. The maximum absolute atomic E-state index is 12.6. The molecule has 0 rings (SSSR count). The fourth-order valence-corrected chi connectivity index (χ4v) is 4.79. The number of carbonyl (C=O) groups excluding carboxylic acids is 6. The lowest BCUT2D eigenvalue weighted by Gasteiger charge is -2.31. The molecule has 21 nitrogen and oxygen atoms in total. The minimum absolute atomic E-state index is 0.183. The monoisotopic (exact) mass is 886 g/mol. The molecule has 0 saturated carbocycles. The van der Waals surface area contributed by atoms with Crippen LogP contribution in [0.3, 0.4) is 0 Å². The SMILES string of the molecule is CC/C(C)=N\OC(=O)NCCCCCCNC(=O)OCC(CC)(COC(=O)NCCCCCCNC(=O)ON=C(C)C)COC(=O)NCCCCCCNC(=O)O/N=C(\C)CC. The average Bonchev–Trinajstić information content (AvgIpc) is 3.26. The highest BCUT2D eigenvalue weighted by molar-refractivity contribution is 5.82. The number of oxime groups is 3. The Balaban J connectivity index is 4.79. The predicted octanol–water partition coefficient (Wildman–Crippen LogP) is 7.39. The van der Waals surface area contributed by atoms with E-state index in [1.165, 1.54) is 0 Å². The highest BCUT2D eigenvalue weighted by Gasteiger charge is 2.34. The van der Waals surface area contributed by atoms with E-state index in [4.69, 9.17) is 23.9 Å². The van der Waals surface area contributed by atoms with Crippen LogP contribution in [0.2, 0.25) is 0 Å². The molecule has 0 aliphatic carbocycles. The van der Waals surface area contributed by atoms with Gasteiger partial charge in [0.2, 0.25) is 0 Å². The van der Waals surface area contributed by atoms with Crippen molar-refractivity contribution in [2.24, 2.45) is 20.9 Å². The normalized spacial score (nSPS) is 12.1. The van der Waals surface area contributed by atoms with E-state index in [0.717, 1.165) is 69.2 Å². The van der Waals surface area contributed by atoms with Crippen LogP contribution in [0.15, 0.2) is 15.5 Å². The number of nitrogens with zero attached hydrogens (tertiary/aromatic N) is 3. The van der Waals surface area contributed by atoms with Gasteiger partial charge in [-0.1, -0.05) is 74.8 Å². The molecular formula is C41H75N9O12. The molecule has 0 fully saturated rings. The van der Waals surface area contributed by atoms with Crippen LogP contribution in [0.25, 0.3) is 0 Å². The van der Waals surface area contributed by atoms with E-state index in [1.807, 2.05) is 20.8 Å². The first kappa shape index (κ1) is 56.6. The van der Waals surface area contributed by atoms with Crippen LogP contribution in [0.4, 0.5) is 28.8 Å². The molecule has 0 aromatic rings. The third kappa shape index (κ3) is 34.4. The van der Waals surface area contributed by atoms with Gasteiger partial charge in [0.25, 0.3) is 0 Å². The number of hydrogen-bond donors (Lipinski definition) is 6. The third-order valence-electron chi connectivity index (χ3n) is 9.11. The maximum Gasteiger partial charge on any atom is 0.433 e. The minimum atomic E-state index is -1.02. The van der Waals surface area contributed by atoms with Gasteiger partial charge >= 0.3 is 36.6 Å². The van der Waals surface area contributed by atoms with Crippen molar-refractivity contribution in [3.8, 4) is 0 Å². The van der Waals surface area contributed by atoms with Crippen molar-refractivity contribution in [3.63, 3.8) is 0 Å². The van der Waals surface area contributed by atoms with E-state index in [0.29, 0.717) is 83.5 Å². The third-order valence-corrected chi connectivity index (χ3v) is 9.11. The summed E-state index contributed by atoms with van der Waals surface area (Å²) in [7, 11) is 0. The molecule has 0 saturated heterocycles. The molecule has 1 unspecified atom stereocenters. The van der Waals surface area contributed by atoms with Gasteiger partial charge in [0.1, 0.15) is 19.8 Å². The first-order valence-corrected chi connectivity index (χ1v) is 21.9. The Labute approximate surface area is 367 Å². The summed E-state index contributed by atoms with van der Waals surface area (Å²) in [5.74, 6) is 0. The molecule has 0 radical (unpaired) electrons. The smallest absolute Gasteiger partial charge is 0.433 e. The van der Waals surface area contributed by atoms with Gasteiger partial charge in [-0.3, -0.25) is 14.5 Å². The number of hydrogen-bond acceptors (Lipinski definition) is 15. The molecule has 356 valence electrons. The Morgan fingerprint density at radius 3 is 0.887 bits per heavy atom. The molecule has 0 bridgehead atoms. The fraction of sp³-hybridized carbons (Fsp3) is 0.780. The lowest BCUT2D eigenvalue weighted by Crippen LogP contribution is -2.42. The number of rotatable bonds is 33. The second kappa shape index (κ2) is 37.4. The molecule has 0 aliphatic heterocycles. The molecule has 0 aliphatic rings. The van der Waals surface area contributed by atoms with Gasteiger partial charge in [-0.25, -0.2) is 28.8 Å². The van der Waals surface area contributed by atoms with Crippen molar-refractivity contribution in [1.82, 2.24) is 31.9 Å². The van der Waals surface area contributed by atoms with Crippen LogP contribution in [-0.2, 0) is 28.7 Å². The molecule has 0 spiro atoms. The van der Waals surface area contributed by atoms with Crippen LogP contribution in [-0.4, -0.2) is 113 Å². The zero-order chi connectivity index (χ0) is 46.3. The van der Waals surface area contributed by atoms with Crippen molar-refractivity contribution < 1.29 is 57.5 Å². The minimum Gasteiger partial charge on any atom is -0.449 e. The van der Waals surface area contributed by atoms with Crippen LogP contribution in [0.5, 0.6) is 0 Å². The highest BCUT2D eigenvalue weighted by atomic mass is 16.7. The Hall–Kier alpha value is -5.37. The van der Waals surface area contributed by atoms with E-state index in [9.17, 15) is 28.8 Å². The standard InChI is InChI=1S/C41H75N9O12/c1-8-33(6)49-61-39(55)46-27-21-15-12-18-24-43-36(52)58-30-41(10-3,29-57-35(51)42-23-17-11-14-20-26-45-38(54)60-48-32(4)5)31-59-37(53)44-25-19-13-16-22-28-47-40(56)62-50-34(7)9-2/h8-31H2,1-7H3,(H,42,51)(H,43,52)(H,44,53)(H,45,54)(H,46,55)(H,47,56)/b49-33-,50-34+. The number of amides is 6. The molecule has 21 heteroatoms. The van der Waals surface area contributed by atoms with Crippen LogP contribution >= 0.6 is 0 Å².